The van der Waals surface area contributed by atoms with Crippen molar-refractivity contribution in [1.82, 2.24) is 0 Å². The highest BCUT2D eigenvalue weighted by Crippen LogP contribution is 2.31. The summed E-state index contributed by atoms with van der Waals surface area (Å²) in [5, 5.41) is 12.5. The Morgan fingerprint density at radius 3 is 2.62 bits per heavy atom. The van der Waals surface area contributed by atoms with E-state index in [4.69, 9.17) is 27.9 Å². The van der Waals surface area contributed by atoms with Crippen molar-refractivity contribution in [2.24, 2.45) is 0 Å². The van der Waals surface area contributed by atoms with Crippen molar-refractivity contribution in [1.29, 1.82) is 5.26 Å². The van der Waals surface area contributed by atoms with Gasteiger partial charge in [0.05, 0.1) is 15.7 Å². The molecule has 0 aromatic heterocycles. The number of hydrogen-bond acceptors (Lipinski definition) is 3. The molecule has 2 rings (SSSR count). The number of carbonyl (C=O) groups excluding carboxylic acids is 1. The van der Waals surface area contributed by atoms with Crippen LogP contribution in [0.5, 0.6) is 5.75 Å². The van der Waals surface area contributed by atoms with Gasteiger partial charge in [-0.05, 0) is 36.4 Å². The highest BCUT2D eigenvalue weighted by Gasteiger charge is 2.15. The van der Waals surface area contributed by atoms with E-state index in [1.807, 2.05) is 6.07 Å². The molecule has 0 aliphatic carbocycles. The molecule has 0 saturated carbocycles. The van der Waals surface area contributed by atoms with Crippen molar-refractivity contribution in [3.05, 3.63) is 74.7 Å². The molecule has 0 saturated heterocycles. The van der Waals surface area contributed by atoms with Crippen molar-refractivity contribution >= 4 is 56.8 Å². The van der Waals surface area contributed by atoms with Crippen molar-refractivity contribution in [2.45, 2.75) is 0 Å². The first-order valence-corrected chi connectivity index (χ1v) is 8.91. The van der Waals surface area contributed by atoms with Gasteiger partial charge in [0.25, 0.3) is 5.91 Å². The number of amides is 1. The fraction of sp³-hybridized carbons (Fsp3) is 0.0526. The molecule has 0 heterocycles. The fourth-order valence-corrected chi connectivity index (χ4v) is 2.89. The number of para-hydroxylation sites is 1. The van der Waals surface area contributed by atoms with Crippen molar-refractivity contribution in [3.63, 3.8) is 0 Å². The number of benzene rings is 2. The first-order valence-electron chi connectivity index (χ1n) is 7.36. The topological polar surface area (TPSA) is 62.1 Å². The minimum Gasteiger partial charge on any atom is -0.489 e. The van der Waals surface area contributed by atoms with E-state index in [0.29, 0.717) is 17.9 Å². The summed E-state index contributed by atoms with van der Waals surface area (Å²) in [4.78, 5) is 12.5. The lowest BCUT2D eigenvalue weighted by atomic mass is 10.1. The van der Waals surface area contributed by atoms with Crippen LogP contribution in [-0.4, -0.2) is 12.5 Å². The molecule has 0 spiro atoms. The lowest BCUT2D eigenvalue weighted by molar-refractivity contribution is -0.112. The van der Waals surface area contributed by atoms with Crippen LogP contribution in [0.15, 0.2) is 59.1 Å². The molecular weight excluding hydrogens is 439 g/mol. The number of halogens is 3. The predicted molar refractivity (Wildman–Crippen MR) is 109 cm³/mol. The molecule has 132 valence electrons. The Labute approximate surface area is 169 Å². The second-order valence-electron chi connectivity index (χ2n) is 5.00. The van der Waals surface area contributed by atoms with E-state index < -0.39 is 5.91 Å². The maximum Gasteiger partial charge on any atom is 0.266 e. The summed E-state index contributed by atoms with van der Waals surface area (Å²) >= 11 is 15.5. The highest BCUT2D eigenvalue weighted by atomic mass is 79.9. The van der Waals surface area contributed by atoms with Gasteiger partial charge in [0.1, 0.15) is 24.0 Å². The summed E-state index contributed by atoms with van der Waals surface area (Å²) < 4.78 is 6.34. The quantitative estimate of drug-likeness (QED) is 0.339. The summed E-state index contributed by atoms with van der Waals surface area (Å²) in [6.07, 6.45) is 3.04. The van der Waals surface area contributed by atoms with Gasteiger partial charge < -0.3 is 10.1 Å². The zero-order chi connectivity index (χ0) is 19.1. The maximum atomic E-state index is 12.5. The van der Waals surface area contributed by atoms with Gasteiger partial charge in [-0.2, -0.15) is 5.26 Å². The van der Waals surface area contributed by atoms with Crippen LogP contribution in [0.25, 0.3) is 6.08 Å². The second kappa shape index (κ2) is 9.44. The van der Waals surface area contributed by atoms with Gasteiger partial charge in [0, 0.05) is 10.0 Å². The SMILES string of the molecule is C=CCOc1ccc(Br)cc1/C=C(\C#N)C(=O)Nc1c(Cl)cccc1Cl. The molecule has 0 unspecified atom stereocenters. The van der Waals surface area contributed by atoms with Gasteiger partial charge >= 0.3 is 0 Å². The number of nitrogens with zero attached hydrogens (tertiary/aromatic N) is 1. The number of nitriles is 1. The summed E-state index contributed by atoms with van der Waals surface area (Å²) in [5.74, 6) is -0.110. The third-order valence-electron chi connectivity index (χ3n) is 3.19. The van der Waals surface area contributed by atoms with Crippen molar-refractivity contribution in [3.8, 4) is 11.8 Å². The molecule has 0 atom stereocenters. The third kappa shape index (κ3) is 5.12. The zero-order valence-corrected chi connectivity index (χ0v) is 16.5. The van der Waals surface area contributed by atoms with Gasteiger partial charge in [-0.15, -0.1) is 0 Å². The molecule has 0 radical (unpaired) electrons. The molecule has 4 nitrogen and oxygen atoms in total. The van der Waals surface area contributed by atoms with Crippen LogP contribution in [-0.2, 0) is 4.79 Å². The average Bonchev–Trinajstić information content (AvgIpc) is 2.62. The molecule has 0 fully saturated rings. The summed E-state index contributed by atoms with van der Waals surface area (Å²) in [6, 6.07) is 12.0. The molecule has 1 amide bonds. The second-order valence-corrected chi connectivity index (χ2v) is 6.73. The molecule has 2 aromatic rings. The zero-order valence-electron chi connectivity index (χ0n) is 13.4. The average molecular weight is 452 g/mol. The Bertz CT molecular complexity index is 900. The van der Waals surface area contributed by atoms with E-state index in [2.05, 4.69) is 27.8 Å². The largest absolute Gasteiger partial charge is 0.489 e. The fourth-order valence-electron chi connectivity index (χ4n) is 2.01. The third-order valence-corrected chi connectivity index (χ3v) is 4.32. The number of nitrogens with one attached hydrogen (secondary N) is 1. The summed E-state index contributed by atoms with van der Waals surface area (Å²) in [5.41, 5.74) is 0.695. The molecule has 0 bridgehead atoms. The Morgan fingerprint density at radius 2 is 2.00 bits per heavy atom. The monoisotopic (exact) mass is 450 g/mol. The Balaban J connectivity index is 2.36. The lowest BCUT2D eigenvalue weighted by Crippen LogP contribution is -2.14. The van der Waals surface area contributed by atoms with Crippen LogP contribution >= 0.6 is 39.1 Å². The van der Waals surface area contributed by atoms with Gasteiger partial charge in [-0.1, -0.05) is 57.9 Å². The predicted octanol–water partition coefficient (Wildman–Crippen LogP) is 5.87. The van der Waals surface area contributed by atoms with Gasteiger partial charge in [0.15, 0.2) is 0 Å². The first kappa shape index (κ1) is 20.1. The van der Waals surface area contributed by atoms with E-state index >= 15 is 0 Å². The minimum atomic E-state index is -0.628. The van der Waals surface area contributed by atoms with Crippen LogP contribution in [0.1, 0.15) is 5.56 Å². The van der Waals surface area contributed by atoms with Crippen molar-refractivity contribution < 1.29 is 9.53 Å². The van der Waals surface area contributed by atoms with E-state index in [0.717, 1.165) is 4.47 Å². The highest BCUT2D eigenvalue weighted by molar-refractivity contribution is 9.10. The summed E-state index contributed by atoms with van der Waals surface area (Å²) in [7, 11) is 0. The molecule has 7 heteroatoms. The molecule has 2 aromatic carbocycles. The van der Waals surface area contributed by atoms with E-state index in [9.17, 15) is 10.1 Å². The Morgan fingerprint density at radius 1 is 1.31 bits per heavy atom. The van der Waals surface area contributed by atoms with E-state index in [1.54, 1.807) is 42.5 Å². The Kier molecular flexibility index (Phi) is 7.28. The van der Waals surface area contributed by atoms with E-state index in [-0.39, 0.29) is 21.3 Å². The molecule has 1 N–H and O–H groups in total. The van der Waals surface area contributed by atoms with Gasteiger partial charge in [0.2, 0.25) is 0 Å². The number of hydrogen-bond donors (Lipinski definition) is 1. The number of ether oxygens (including phenoxy) is 1. The first-order chi connectivity index (χ1) is 12.5. The van der Waals surface area contributed by atoms with Crippen LogP contribution in [0.2, 0.25) is 10.0 Å². The summed E-state index contributed by atoms with van der Waals surface area (Å²) in [6.45, 7) is 3.90. The van der Waals surface area contributed by atoms with Crippen LogP contribution in [0, 0.1) is 11.3 Å². The van der Waals surface area contributed by atoms with Crippen molar-refractivity contribution in [2.75, 3.05) is 11.9 Å². The molecule has 0 aliphatic heterocycles. The molecular formula is C19H13BrCl2N2O2. The van der Waals surface area contributed by atoms with Gasteiger partial charge in [-0.25, -0.2) is 0 Å². The lowest BCUT2D eigenvalue weighted by Gasteiger charge is -2.10. The smallest absolute Gasteiger partial charge is 0.266 e. The van der Waals surface area contributed by atoms with Crippen LogP contribution in [0.4, 0.5) is 5.69 Å². The molecule has 26 heavy (non-hydrogen) atoms. The Hall–Kier alpha value is -2.26. The number of rotatable bonds is 6. The van der Waals surface area contributed by atoms with Crippen LogP contribution in [0.3, 0.4) is 0 Å². The number of carbonyl (C=O) groups is 1. The van der Waals surface area contributed by atoms with Gasteiger partial charge in [-0.3, -0.25) is 4.79 Å². The normalized spacial score (nSPS) is 10.8. The van der Waals surface area contributed by atoms with E-state index in [1.165, 1.54) is 6.08 Å². The number of anilines is 1. The van der Waals surface area contributed by atoms with Crippen LogP contribution < -0.4 is 10.1 Å². The maximum absolute atomic E-state index is 12.5. The molecule has 0 aliphatic rings. The standard InChI is InChI=1S/C19H13BrCl2N2O2/c1-2-8-26-17-7-6-14(20)10-12(17)9-13(11-23)19(25)24-18-15(21)4-3-5-16(18)22/h2-7,9-10H,1,8H2,(H,24,25)/b13-9+. The minimum absolute atomic E-state index is 0.123.